The quantitative estimate of drug-likeness (QED) is 0.555. The first-order chi connectivity index (χ1) is 15.5. The van der Waals surface area contributed by atoms with Crippen LogP contribution in [0.2, 0.25) is 0 Å². The van der Waals surface area contributed by atoms with Gasteiger partial charge in [-0.3, -0.25) is 0 Å². The summed E-state index contributed by atoms with van der Waals surface area (Å²) in [4.78, 5) is 7.56. The number of nitrogens with one attached hydrogen (secondary N) is 1. The van der Waals surface area contributed by atoms with E-state index in [0.29, 0.717) is 18.9 Å². The molecule has 1 aliphatic rings. The topological polar surface area (TPSA) is 90.4 Å². The molecule has 0 bridgehead atoms. The van der Waals surface area contributed by atoms with E-state index in [0.717, 1.165) is 30.7 Å². The molecule has 0 amide bonds. The third-order valence-corrected chi connectivity index (χ3v) is 5.07. The molecule has 0 aliphatic carbocycles. The molecule has 3 aromatic heterocycles. The number of piperidine rings is 1. The van der Waals surface area contributed by atoms with E-state index in [2.05, 4.69) is 20.4 Å². The summed E-state index contributed by atoms with van der Waals surface area (Å²) in [6, 6.07) is 1.76. The van der Waals surface area contributed by atoms with E-state index in [1.807, 2.05) is 0 Å². The van der Waals surface area contributed by atoms with E-state index in [1.165, 1.54) is 13.2 Å². The number of hydrogen-bond acceptors (Lipinski definition) is 6. The van der Waals surface area contributed by atoms with Crippen molar-refractivity contribution in [1.82, 2.24) is 24.9 Å². The van der Waals surface area contributed by atoms with Crippen molar-refractivity contribution in [2.24, 2.45) is 0 Å². The molecule has 0 saturated carbocycles. The third-order valence-electron chi connectivity index (χ3n) is 5.07. The number of anilines is 1. The molecule has 1 saturated heterocycles. The van der Waals surface area contributed by atoms with Gasteiger partial charge in [-0.15, -0.1) is 0 Å². The van der Waals surface area contributed by atoms with Gasteiger partial charge in [-0.25, -0.2) is 27.7 Å². The van der Waals surface area contributed by atoms with Gasteiger partial charge in [0.05, 0.1) is 19.2 Å². The first-order valence-electron chi connectivity index (χ1n) is 9.99. The Morgan fingerprint density at radius 3 is 2.39 bits per heavy atom. The van der Waals surface area contributed by atoms with Crippen molar-refractivity contribution >= 4 is 11.5 Å². The number of nitrogens with zero attached hydrogens (tertiary/aromatic N) is 4. The van der Waals surface area contributed by atoms with Crippen LogP contribution >= 0.6 is 0 Å². The van der Waals surface area contributed by atoms with Crippen LogP contribution in [-0.2, 0) is 0 Å². The number of nitrogen functional groups attached to an aromatic ring is 1. The van der Waals surface area contributed by atoms with Gasteiger partial charge in [0, 0.05) is 12.1 Å². The highest BCUT2D eigenvalue weighted by molar-refractivity contribution is 5.62. The summed E-state index contributed by atoms with van der Waals surface area (Å²) in [5.74, 6) is -4.74. The van der Waals surface area contributed by atoms with Crippen LogP contribution in [-0.4, -0.2) is 52.1 Å². The second kappa shape index (κ2) is 9.81. The Morgan fingerprint density at radius 2 is 1.85 bits per heavy atom. The summed E-state index contributed by atoms with van der Waals surface area (Å²) in [6.45, 7) is 2.64. The van der Waals surface area contributed by atoms with Crippen molar-refractivity contribution in [3.63, 3.8) is 0 Å². The molecular formula is C20H22F6N6O. The number of aromatic nitrogens is 4. The maximum absolute atomic E-state index is 14.1. The minimum absolute atomic E-state index is 0.0810. The Hall–Kier alpha value is -3.09. The van der Waals surface area contributed by atoms with Gasteiger partial charge in [-0.2, -0.15) is 18.3 Å². The standard InChI is InChI=1S/C15H12F5N5O.C5H10FN/c1-6(15(18,19)20)12-10(26-2)4-11-22-5-9(25(11)24-12)13-7(16)3-8(17)14(21)23-13;6-5-1-3-7-4-2-5/h3-6H,1-2H3,(H2,21,23);5,7H,1-4H2. The molecular weight excluding hydrogens is 454 g/mol. The number of ether oxygens (including phenoxy) is 1. The van der Waals surface area contributed by atoms with E-state index in [1.54, 1.807) is 0 Å². The lowest BCUT2D eigenvalue weighted by Gasteiger charge is -2.18. The Kier molecular flexibility index (Phi) is 7.30. The lowest BCUT2D eigenvalue weighted by atomic mass is 10.1. The molecule has 3 aromatic rings. The van der Waals surface area contributed by atoms with Crippen LogP contribution in [0.15, 0.2) is 18.3 Å². The molecule has 0 aromatic carbocycles. The molecule has 0 radical (unpaired) electrons. The number of methoxy groups -OCH3 is 1. The number of rotatable bonds is 3. The van der Waals surface area contributed by atoms with Gasteiger partial charge in [0.1, 0.15) is 29.0 Å². The number of hydrogen-bond donors (Lipinski definition) is 2. The second-order valence-corrected chi connectivity index (χ2v) is 7.39. The summed E-state index contributed by atoms with van der Waals surface area (Å²) in [5.41, 5.74) is 4.56. The first kappa shape index (κ1) is 24.6. The molecule has 1 aliphatic heterocycles. The van der Waals surface area contributed by atoms with E-state index in [9.17, 15) is 26.3 Å². The molecule has 1 atom stereocenters. The maximum atomic E-state index is 14.1. The molecule has 7 nitrogen and oxygen atoms in total. The third kappa shape index (κ3) is 5.46. The zero-order valence-electron chi connectivity index (χ0n) is 17.8. The fourth-order valence-corrected chi connectivity index (χ4v) is 3.14. The molecule has 1 fully saturated rings. The number of fused-ring (bicyclic) bond motifs is 1. The Balaban J connectivity index is 0.000000374. The highest BCUT2D eigenvalue weighted by atomic mass is 19.4. The normalized spacial score (nSPS) is 15.8. The number of halogens is 6. The lowest BCUT2D eigenvalue weighted by molar-refractivity contribution is -0.147. The minimum Gasteiger partial charge on any atom is -0.495 e. The van der Waals surface area contributed by atoms with Gasteiger partial charge in [0.2, 0.25) is 0 Å². The molecule has 4 rings (SSSR count). The van der Waals surface area contributed by atoms with Crippen LogP contribution < -0.4 is 15.8 Å². The molecule has 4 heterocycles. The molecule has 0 spiro atoms. The predicted octanol–water partition coefficient (Wildman–Crippen LogP) is 4.03. The van der Waals surface area contributed by atoms with Crippen molar-refractivity contribution in [3.8, 4) is 17.1 Å². The highest BCUT2D eigenvalue weighted by Crippen LogP contribution is 2.38. The van der Waals surface area contributed by atoms with E-state index in [-0.39, 0.29) is 22.8 Å². The first-order valence-corrected chi connectivity index (χ1v) is 9.99. The van der Waals surface area contributed by atoms with E-state index >= 15 is 0 Å². The molecule has 33 heavy (non-hydrogen) atoms. The Labute approximate surface area is 185 Å². The van der Waals surface area contributed by atoms with Crippen LogP contribution in [0.3, 0.4) is 0 Å². The SMILES string of the molecule is COc1cc2ncc(-c3nc(N)c(F)cc3F)n2nc1C(C)C(F)(F)F.FC1CCNCC1. The van der Waals surface area contributed by atoms with Crippen LogP contribution in [0, 0.1) is 11.6 Å². The van der Waals surface area contributed by atoms with E-state index < -0.39 is 41.4 Å². The average molecular weight is 476 g/mol. The van der Waals surface area contributed by atoms with Crippen LogP contribution in [0.4, 0.5) is 32.2 Å². The van der Waals surface area contributed by atoms with Gasteiger partial charge in [-0.1, -0.05) is 0 Å². The zero-order valence-corrected chi connectivity index (χ0v) is 17.8. The Morgan fingerprint density at radius 1 is 1.18 bits per heavy atom. The van der Waals surface area contributed by atoms with Crippen molar-refractivity contribution in [3.05, 3.63) is 35.7 Å². The van der Waals surface area contributed by atoms with Gasteiger partial charge < -0.3 is 15.8 Å². The second-order valence-electron chi connectivity index (χ2n) is 7.39. The van der Waals surface area contributed by atoms with Crippen molar-refractivity contribution in [1.29, 1.82) is 0 Å². The Bertz CT molecular complexity index is 1110. The largest absolute Gasteiger partial charge is 0.495 e. The summed E-state index contributed by atoms with van der Waals surface area (Å²) in [6.07, 6.45) is -2.54. The van der Waals surface area contributed by atoms with Crippen LogP contribution in [0.5, 0.6) is 5.75 Å². The van der Waals surface area contributed by atoms with Crippen LogP contribution in [0.1, 0.15) is 31.4 Å². The van der Waals surface area contributed by atoms with Gasteiger partial charge in [0.15, 0.2) is 23.1 Å². The summed E-state index contributed by atoms with van der Waals surface area (Å²) < 4.78 is 84.8. The molecule has 1 unspecified atom stereocenters. The lowest BCUT2D eigenvalue weighted by Crippen LogP contribution is -2.28. The maximum Gasteiger partial charge on any atom is 0.397 e. The van der Waals surface area contributed by atoms with Crippen molar-refractivity contribution in [2.75, 3.05) is 25.9 Å². The van der Waals surface area contributed by atoms with Crippen molar-refractivity contribution < 1.29 is 31.1 Å². The molecule has 13 heteroatoms. The average Bonchev–Trinajstić information content (AvgIpc) is 3.17. The molecule has 3 N–H and O–H groups in total. The van der Waals surface area contributed by atoms with Gasteiger partial charge in [-0.05, 0) is 32.9 Å². The van der Waals surface area contributed by atoms with Gasteiger partial charge in [0.25, 0.3) is 0 Å². The zero-order chi connectivity index (χ0) is 24.3. The van der Waals surface area contributed by atoms with Crippen molar-refractivity contribution in [2.45, 2.75) is 38.0 Å². The minimum atomic E-state index is -4.57. The molecule has 180 valence electrons. The smallest absolute Gasteiger partial charge is 0.397 e. The predicted molar refractivity (Wildman–Crippen MR) is 109 cm³/mol. The fourth-order valence-electron chi connectivity index (χ4n) is 3.14. The monoisotopic (exact) mass is 476 g/mol. The fraction of sp³-hybridized carbons (Fsp3) is 0.450. The summed E-state index contributed by atoms with van der Waals surface area (Å²) in [7, 11) is 1.20. The summed E-state index contributed by atoms with van der Waals surface area (Å²) >= 11 is 0. The summed E-state index contributed by atoms with van der Waals surface area (Å²) in [5, 5.41) is 6.98. The van der Waals surface area contributed by atoms with Gasteiger partial charge >= 0.3 is 6.18 Å². The van der Waals surface area contributed by atoms with Crippen LogP contribution in [0.25, 0.3) is 17.0 Å². The number of imidazole rings is 1. The van der Waals surface area contributed by atoms with E-state index in [4.69, 9.17) is 10.5 Å². The number of alkyl halides is 4. The highest BCUT2D eigenvalue weighted by Gasteiger charge is 2.40. The number of pyridine rings is 1. The number of nitrogens with two attached hydrogens (primary N) is 1.